The smallest absolute Gasteiger partial charge is 0.326 e. The number of carbonyl (C=O) groups is 5. The first-order valence-electron chi connectivity index (χ1n) is 12.2. The molecule has 13 nitrogen and oxygen atoms in total. The van der Waals surface area contributed by atoms with Crippen molar-refractivity contribution < 1.29 is 34.2 Å². The zero-order chi connectivity index (χ0) is 28.8. The molecule has 2 rings (SSSR count). The lowest BCUT2D eigenvalue weighted by molar-refractivity contribution is -0.142. The van der Waals surface area contributed by atoms with E-state index in [9.17, 15) is 29.1 Å². The molecular weight excluding hydrogens is 528 g/mol. The van der Waals surface area contributed by atoms with E-state index in [0.717, 1.165) is 5.56 Å². The van der Waals surface area contributed by atoms with Crippen LogP contribution >= 0.6 is 11.8 Å². The third-order valence-corrected chi connectivity index (χ3v) is 6.40. The summed E-state index contributed by atoms with van der Waals surface area (Å²) in [5, 5.41) is 26.2. The van der Waals surface area contributed by atoms with Crippen LogP contribution < -0.4 is 21.7 Å². The van der Waals surface area contributed by atoms with Crippen LogP contribution in [0.1, 0.15) is 30.5 Å². The number of rotatable bonds is 17. The minimum atomic E-state index is -1.27. The predicted octanol–water partition coefficient (Wildman–Crippen LogP) is -0.321. The summed E-state index contributed by atoms with van der Waals surface area (Å²) in [6.07, 6.45) is 4.49. The average molecular weight is 563 g/mol. The highest BCUT2D eigenvalue weighted by atomic mass is 32.2. The van der Waals surface area contributed by atoms with Gasteiger partial charge in [0.1, 0.15) is 18.1 Å². The molecule has 0 aliphatic carbocycles. The summed E-state index contributed by atoms with van der Waals surface area (Å²) in [7, 11) is 0. The maximum atomic E-state index is 13.3. The molecule has 4 unspecified atom stereocenters. The van der Waals surface area contributed by atoms with Gasteiger partial charge in [-0.3, -0.25) is 19.2 Å². The number of carbonyl (C=O) groups excluding carboxylic acids is 3. The van der Waals surface area contributed by atoms with Gasteiger partial charge < -0.3 is 36.9 Å². The van der Waals surface area contributed by atoms with E-state index >= 15 is 0 Å². The van der Waals surface area contributed by atoms with Crippen molar-refractivity contribution in [3.63, 3.8) is 0 Å². The number of amides is 3. The maximum Gasteiger partial charge on any atom is 0.326 e. The second kappa shape index (κ2) is 16.1. The Morgan fingerprint density at radius 2 is 1.56 bits per heavy atom. The lowest BCUT2D eigenvalue weighted by Gasteiger charge is -2.25. The molecule has 0 fully saturated rings. The molecule has 0 spiro atoms. The number of benzene rings is 1. The second-order valence-corrected chi connectivity index (χ2v) is 9.80. The van der Waals surface area contributed by atoms with Gasteiger partial charge in [-0.05, 0) is 30.4 Å². The number of aliphatic carboxylic acids is 2. The highest BCUT2D eigenvalue weighted by Crippen LogP contribution is 2.08. The van der Waals surface area contributed by atoms with E-state index in [1.54, 1.807) is 30.3 Å². The fourth-order valence-corrected chi connectivity index (χ4v) is 4.08. The van der Waals surface area contributed by atoms with Gasteiger partial charge >= 0.3 is 11.9 Å². The van der Waals surface area contributed by atoms with Gasteiger partial charge in [-0.1, -0.05) is 30.3 Å². The molecular formula is C25H34N6O7S. The van der Waals surface area contributed by atoms with Crippen molar-refractivity contribution in [2.24, 2.45) is 5.73 Å². The number of nitrogens with zero attached hydrogens (tertiary/aromatic N) is 1. The van der Waals surface area contributed by atoms with Gasteiger partial charge in [0, 0.05) is 31.2 Å². The molecule has 0 saturated carbocycles. The number of carboxylic acid groups (broad SMARTS) is 2. The molecule has 0 radical (unpaired) electrons. The Hall–Kier alpha value is -3.91. The van der Waals surface area contributed by atoms with E-state index in [0.29, 0.717) is 11.4 Å². The Balaban J connectivity index is 2.18. The van der Waals surface area contributed by atoms with Crippen LogP contribution in [0.25, 0.3) is 0 Å². The van der Waals surface area contributed by atoms with Crippen molar-refractivity contribution in [2.45, 2.75) is 56.3 Å². The first kappa shape index (κ1) is 31.3. The van der Waals surface area contributed by atoms with E-state index in [1.165, 1.54) is 24.3 Å². The first-order valence-corrected chi connectivity index (χ1v) is 13.6. The quantitative estimate of drug-likeness (QED) is 0.133. The molecule has 1 aromatic heterocycles. The van der Waals surface area contributed by atoms with Crippen molar-refractivity contribution in [3.05, 3.63) is 54.1 Å². The van der Waals surface area contributed by atoms with Crippen molar-refractivity contribution in [3.8, 4) is 0 Å². The minimum Gasteiger partial charge on any atom is -0.481 e. The monoisotopic (exact) mass is 562 g/mol. The van der Waals surface area contributed by atoms with E-state index in [1.807, 2.05) is 6.26 Å². The lowest BCUT2D eigenvalue weighted by atomic mass is 10.0. The maximum absolute atomic E-state index is 13.3. The average Bonchev–Trinajstić information content (AvgIpc) is 3.42. The number of nitrogens with one attached hydrogen (secondary N) is 4. The van der Waals surface area contributed by atoms with Gasteiger partial charge in [0.2, 0.25) is 17.7 Å². The molecule has 0 bridgehead atoms. The molecule has 0 aliphatic rings. The third-order valence-electron chi connectivity index (χ3n) is 5.76. The van der Waals surface area contributed by atoms with Crippen LogP contribution in [-0.2, 0) is 36.8 Å². The number of H-pyrrole nitrogens is 1. The third kappa shape index (κ3) is 11.2. The molecule has 39 heavy (non-hydrogen) atoms. The molecule has 212 valence electrons. The largest absolute Gasteiger partial charge is 0.481 e. The van der Waals surface area contributed by atoms with E-state index < -0.39 is 53.8 Å². The van der Waals surface area contributed by atoms with Gasteiger partial charge in [-0.2, -0.15) is 11.8 Å². The standard InChI is InChI=1S/C25H34N6O7S/c1-39-10-9-18(23(35)31-20(25(37)38)12-16-13-27-14-28-16)29-24(36)19(11-15-5-3-2-4-6-15)30-22(34)17(26)7-8-21(32)33/h2-6,13-14,17-20H,7-12,26H2,1H3,(H,27,28)(H,29,36)(H,30,34)(H,31,35)(H,32,33)(H,37,38). The van der Waals surface area contributed by atoms with Gasteiger partial charge in [0.15, 0.2) is 0 Å². The summed E-state index contributed by atoms with van der Waals surface area (Å²) in [5.41, 5.74) is 7.07. The Morgan fingerprint density at radius 1 is 0.923 bits per heavy atom. The fourth-order valence-electron chi connectivity index (χ4n) is 3.61. The number of carboxylic acids is 2. The Bertz CT molecular complexity index is 1100. The molecule has 4 atom stereocenters. The van der Waals surface area contributed by atoms with Crippen molar-refractivity contribution in [2.75, 3.05) is 12.0 Å². The number of aromatic amines is 1. The zero-order valence-electron chi connectivity index (χ0n) is 21.5. The van der Waals surface area contributed by atoms with Crippen molar-refractivity contribution >= 4 is 41.4 Å². The molecule has 14 heteroatoms. The lowest BCUT2D eigenvalue weighted by Crippen LogP contribution is -2.58. The number of aromatic nitrogens is 2. The van der Waals surface area contributed by atoms with Gasteiger partial charge in [0.25, 0.3) is 0 Å². The summed E-state index contributed by atoms with van der Waals surface area (Å²) < 4.78 is 0. The van der Waals surface area contributed by atoms with Crippen molar-refractivity contribution in [1.82, 2.24) is 25.9 Å². The zero-order valence-corrected chi connectivity index (χ0v) is 22.3. The van der Waals surface area contributed by atoms with Crippen LogP contribution in [0.2, 0.25) is 0 Å². The number of thioether (sulfide) groups is 1. The number of nitrogens with two attached hydrogens (primary N) is 1. The number of imidazole rings is 1. The molecule has 2 aromatic rings. The summed E-state index contributed by atoms with van der Waals surface area (Å²) in [6.45, 7) is 0. The Labute approximate surface area is 229 Å². The summed E-state index contributed by atoms with van der Waals surface area (Å²) in [4.78, 5) is 68.4. The molecule has 8 N–H and O–H groups in total. The molecule has 3 amide bonds. The van der Waals surface area contributed by atoms with Crippen LogP contribution in [0.5, 0.6) is 0 Å². The molecule has 0 saturated heterocycles. The van der Waals surface area contributed by atoms with Crippen LogP contribution in [-0.4, -0.2) is 86.0 Å². The number of hydrogen-bond acceptors (Lipinski definition) is 8. The minimum absolute atomic E-state index is 0.0365. The Morgan fingerprint density at radius 3 is 2.15 bits per heavy atom. The van der Waals surface area contributed by atoms with Gasteiger partial charge in [-0.15, -0.1) is 0 Å². The second-order valence-electron chi connectivity index (χ2n) is 8.81. The SMILES string of the molecule is CSCCC(NC(=O)C(Cc1ccccc1)NC(=O)C(N)CCC(=O)O)C(=O)NC(Cc1cnc[nH]1)C(=O)O. The highest BCUT2D eigenvalue weighted by molar-refractivity contribution is 7.98. The van der Waals surface area contributed by atoms with Crippen molar-refractivity contribution in [1.29, 1.82) is 0 Å². The molecule has 0 aliphatic heterocycles. The first-order chi connectivity index (χ1) is 18.6. The molecule has 1 aromatic carbocycles. The van der Waals surface area contributed by atoms with Crippen LogP contribution in [0, 0.1) is 0 Å². The predicted molar refractivity (Wildman–Crippen MR) is 144 cm³/mol. The summed E-state index contributed by atoms with van der Waals surface area (Å²) in [5.74, 6) is -3.93. The van der Waals surface area contributed by atoms with Crippen LogP contribution in [0.4, 0.5) is 0 Å². The van der Waals surface area contributed by atoms with Crippen LogP contribution in [0.3, 0.4) is 0 Å². The van der Waals surface area contributed by atoms with E-state index in [4.69, 9.17) is 10.8 Å². The van der Waals surface area contributed by atoms with Gasteiger partial charge in [0.05, 0.1) is 12.4 Å². The summed E-state index contributed by atoms with van der Waals surface area (Å²) >= 11 is 1.44. The molecule has 1 heterocycles. The van der Waals surface area contributed by atoms with Gasteiger partial charge in [-0.25, -0.2) is 9.78 Å². The number of hydrogen-bond donors (Lipinski definition) is 7. The topological polar surface area (TPSA) is 217 Å². The van der Waals surface area contributed by atoms with E-state index in [-0.39, 0.29) is 32.1 Å². The van der Waals surface area contributed by atoms with Crippen LogP contribution in [0.15, 0.2) is 42.9 Å². The van der Waals surface area contributed by atoms with E-state index in [2.05, 4.69) is 25.9 Å². The Kier molecular flexibility index (Phi) is 13.0. The normalized spacial score (nSPS) is 13.9. The highest BCUT2D eigenvalue weighted by Gasteiger charge is 2.30. The summed E-state index contributed by atoms with van der Waals surface area (Å²) in [6, 6.07) is 4.24. The fraction of sp³-hybridized carbons (Fsp3) is 0.440.